The molecule has 1 saturated carbocycles. The summed E-state index contributed by atoms with van der Waals surface area (Å²) < 4.78 is 1.58. The van der Waals surface area contributed by atoms with E-state index in [2.05, 4.69) is 5.10 Å². The first kappa shape index (κ1) is 11.8. The van der Waals surface area contributed by atoms with E-state index in [0.29, 0.717) is 5.69 Å². The Morgan fingerprint density at radius 1 is 1.22 bits per heavy atom. The molecule has 0 aliphatic heterocycles. The second-order valence-corrected chi connectivity index (χ2v) is 5.80. The maximum atomic E-state index is 11.4. The summed E-state index contributed by atoms with van der Waals surface area (Å²) in [5.74, 6) is -0.834. The molecule has 1 N–H and O–H groups in total. The van der Waals surface area contributed by atoms with Crippen LogP contribution in [0.2, 0.25) is 0 Å². The number of aryl methyl sites for hydroxylation is 1. The van der Waals surface area contributed by atoms with E-state index >= 15 is 0 Å². The highest BCUT2D eigenvalue weighted by Gasteiger charge is 2.42. The molecule has 1 heterocycles. The third kappa shape index (κ3) is 1.58. The molecule has 0 amide bonds. The number of carboxylic acid groups (broad SMARTS) is 1. The molecule has 0 saturated heterocycles. The number of hydrogen-bond acceptors (Lipinski definition) is 2. The predicted octanol–water partition coefficient (Wildman–Crippen LogP) is 2.66. The van der Waals surface area contributed by atoms with Gasteiger partial charge >= 0.3 is 5.97 Å². The molecular weight excluding hydrogens is 228 g/mol. The maximum absolute atomic E-state index is 11.4. The molecule has 0 atom stereocenters. The minimum absolute atomic E-state index is 0.192. The lowest BCUT2D eigenvalue weighted by Crippen LogP contribution is -2.33. The molecule has 1 fully saturated rings. The van der Waals surface area contributed by atoms with Crippen molar-refractivity contribution in [3.63, 3.8) is 0 Å². The van der Waals surface area contributed by atoms with E-state index in [9.17, 15) is 9.90 Å². The minimum Gasteiger partial charge on any atom is -0.477 e. The van der Waals surface area contributed by atoms with Crippen molar-refractivity contribution in [2.24, 2.45) is 7.05 Å². The Bertz CT molecular complexity index is 484. The first-order chi connectivity index (χ1) is 8.64. The van der Waals surface area contributed by atoms with Gasteiger partial charge in [-0.1, -0.05) is 19.3 Å². The lowest BCUT2D eigenvalue weighted by Gasteiger charge is -2.39. The Morgan fingerprint density at radius 3 is 2.56 bits per heavy atom. The summed E-state index contributed by atoms with van der Waals surface area (Å²) in [6, 6.07) is 0. The summed E-state index contributed by atoms with van der Waals surface area (Å²) in [5, 5.41) is 13.9. The fourth-order valence-corrected chi connectivity index (χ4v) is 3.94. The highest BCUT2D eigenvalue weighted by Crippen LogP contribution is 2.47. The molecule has 0 bridgehead atoms. The van der Waals surface area contributed by atoms with Crippen LogP contribution in [0, 0.1) is 0 Å². The molecule has 3 rings (SSSR count). The Morgan fingerprint density at radius 2 is 1.89 bits per heavy atom. The summed E-state index contributed by atoms with van der Waals surface area (Å²) >= 11 is 0. The molecular formula is C14H20N2O2. The zero-order chi connectivity index (χ0) is 12.8. The SMILES string of the molecule is Cn1nc2c(c1C(=O)O)CCCC21CCCCC1. The molecule has 4 nitrogen and oxygen atoms in total. The average molecular weight is 248 g/mol. The number of fused-ring (bicyclic) bond motifs is 2. The number of hydrogen-bond donors (Lipinski definition) is 1. The first-order valence-corrected chi connectivity index (χ1v) is 6.94. The zero-order valence-electron chi connectivity index (χ0n) is 10.9. The van der Waals surface area contributed by atoms with E-state index in [1.54, 1.807) is 11.7 Å². The molecule has 1 spiro atoms. The zero-order valence-corrected chi connectivity index (χ0v) is 10.9. The molecule has 0 radical (unpaired) electrons. The molecule has 2 aliphatic rings. The number of carbonyl (C=O) groups is 1. The van der Waals surface area contributed by atoms with E-state index in [1.165, 1.54) is 38.5 Å². The number of aromatic carboxylic acids is 1. The summed E-state index contributed by atoms with van der Waals surface area (Å²) in [6.45, 7) is 0. The maximum Gasteiger partial charge on any atom is 0.354 e. The van der Waals surface area contributed by atoms with Gasteiger partial charge in [0.05, 0.1) is 5.69 Å². The van der Waals surface area contributed by atoms with Gasteiger partial charge in [-0.2, -0.15) is 5.10 Å². The van der Waals surface area contributed by atoms with Gasteiger partial charge in [-0.15, -0.1) is 0 Å². The topological polar surface area (TPSA) is 55.1 Å². The van der Waals surface area contributed by atoms with Crippen molar-refractivity contribution in [1.82, 2.24) is 9.78 Å². The van der Waals surface area contributed by atoms with Gasteiger partial charge in [-0.05, 0) is 32.1 Å². The average Bonchev–Trinajstić information content (AvgIpc) is 2.68. The number of rotatable bonds is 1. The quantitative estimate of drug-likeness (QED) is 0.831. The molecule has 2 aliphatic carbocycles. The van der Waals surface area contributed by atoms with E-state index in [-0.39, 0.29) is 5.41 Å². The van der Waals surface area contributed by atoms with Crippen molar-refractivity contribution in [3.8, 4) is 0 Å². The smallest absolute Gasteiger partial charge is 0.354 e. The number of carboxylic acids is 1. The Labute approximate surface area is 107 Å². The Hall–Kier alpha value is -1.32. The van der Waals surface area contributed by atoms with E-state index in [0.717, 1.165) is 24.1 Å². The minimum atomic E-state index is -0.834. The van der Waals surface area contributed by atoms with Crippen LogP contribution in [0.4, 0.5) is 0 Å². The number of aromatic nitrogens is 2. The largest absolute Gasteiger partial charge is 0.477 e. The molecule has 0 unspecified atom stereocenters. The standard InChI is InChI=1S/C14H20N2O2/c1-16-11(13(17)18)10-6-5-9-14(12(10)15-16)7-3-2-4-8-14/h2-9H2,1H3,(H,17,18). The molecule has 98 valence electrons. The third-order valence-electron chi connectivity index (χ3n) is 4.74. The van der Waals surface area contributed by atoms with Crippen LogP contribution in [0.25, 0.3) is 0 Å². The van der Waals surface area contributed by atoms with Crippen molar-refractivity contribution < 1.29 is 9.90 Å². The van der Waals surface area contributed by atoms with Gasteiger partial charge in [0.25, 0.3) is 0 Å². The monoisotopic (exact) mass is 248 g/mol. The van der Waals surface area contributed by atoms with E-state index in [1.807, 2.05) is 0 Å². The lowest BCUT2D eigenvalue weighted by molar-refractivity contribution is 0.0683. The van der Waals surface area contributed by atoms with Gasteiger partial charge in [-0.25, -0.2) is 4.79 Å². The summed E-state index contributed by atoms with van der Waals surface area (Å²) in [4.78, 5) is 11.4. The van der Waals surface area contributed by atoms with Crippen molar-refractivity contribution in [3.05, 3.63) is 17.0 Å². The van der Waals surface area contributed by atoms with Crippen LogP contribution in [0.3, 0.4) is 0 Å². The summed E-state index contributed by atoms with van der Waals surface area (Å²) in [6.07, 6.45) is 9.40. The van der Waals surface area contributed by atoms with Gasteiger partial charge in [0.15, 0.2) is 0 Å². The highest BCUT2D eigenvalue weighted by molar-refractivity contribution is 5.88. The third-order valence-corrected chi connectivity index (χ3v) is 4.74. The van der Waals surface area contributed by atoms with Gasteiger partial charge in [0.1, 0.15) is 5.69 Å². The molecule has 1 aromatic heterocycles. The van der Waals surface area contributed by atoms with Gasteiger partial charge in [0.2, 0.25) is 0 Å². The van der Waals surface area contributed by atoms with Crippen molar-refractivity contribution in [2.45, 2.75) is 56.8 Å². The van der Waals surface area contributed by atoms with Gasteiger partial charge in [-0.3, -0.25) is 4.68 Å². The van der Waals surface area contributed by atoms with E-state index < -0.39 is 5.97 Å². The summed E-state index contributed by atoms with van der Waals surface area (Å²) in [7, 11) is 1.76. The van der Waals surface area contributed by atoms with Crippen LogP contribution in [0.1, 0.15) is 66.7 Å². The molecule has 4 heteroatoms. The molecule has 0 aromatic carbocycles. The van der Waals surface area contributed by atoms with E-state index in [4.69, 9.17) is 0 Å². The van der Waals surface area contributed by atoms with Gasteiger partial charge in [0, 0.05) is 18.0 Å². The van der Waals surface area contributed by atoms with Gasteiger partial charge < -0.3 is 5.11 Å². The number of nitrogens with zero attached hydrogens (tertiary/aromatic N) is 2. The van der Waals surface area contributed by atoms with Crippen LogP contribution >= 0.6 is 0 Å². The Kier molecular flexibility index (Phi) is 2.68. The molecule has 18 heavy (non-hydrogen) atoms. The van der Waals surface area contributed by atoms with Crippen LogP contribution in [0.5, 0.6) is 0 Å². The fraction of sp³-hybridized carbons (Fsp3) is 0.714. The van der Waals surface area contributed by atoms with Crippen LogP contribution in [-0.2, 0) is 18.9 Å². The second-order valence-electron chi connectivity index (χ2n) is 5.80. The van der Waals surface area contributed by atoms with Crippen molar-refractivity contribution in [2.75, 3.05) is 0 Å². The summed E-state index contributed by atoms with van der Waals surface area (Å²) in [5.41, 5.74) is 2.72. The first-order valence-electron chi connectivity index (χ1n) is 6.94. The van der Waals surface area contributed by atoms with Crippen LogP contribution in [0.15, 0.2) is 0 Å². The molecule has 1 aromatic rings. The normalized spacial score (nSPS) is 21.8. The van der Waals surface area contributed by atoms with Crippen LogP contribution in [-0.4, -0.2) is 20.9 Å². The van der Waals surface area contributed by atoms with Crippen molar-refractivity contribution in [1.29, 1.82) is 0 Å². The Balaban J connectivity index is 2.11. The van der Waals surface area contributed by atoms with Crippen molar-refractivity contribution >= 4 is 5.97 Å². The highest BCUT2D eigenvalue weighted by atomic mass is 16.4. The fourth-order valence-electron chi connectivity index (χ4n) is 3.94. The predicted molar refractivity (Wildman–Crippen MR) is 67.9 cm³/mol. The second kappa shape index (κ2) is 4.11. The lowest BCUT2D eigenvalue weighted by atomic mass is 9.65. The van der Waals surface area contributed by atoms with Crippen LogP contribution < -0.4 is 0 Å².